The second-order valence-electron chi connectivity index (χ2n) is 5.90. The number of hydrogen-bond donors (Lipinski definition) is 1. The third-order valence-corrected chi connectivity index (χ3v) is 5.72. The maximum absolute atomic E-state index is 3.76. The summed E-state index contributed by atoms with van der Waals surface area (Å²) in [5, 5.41) is 5.95. The van der Waals surface area contributed by atoms with Gasteiger partial charge in [-0.3, -0.25) is 0 Å². The fourth-order valence-electron chi connectivity index (χ4n) is 3.08. The summed E-state index contributed by atoms with van der Waals surface area (Å²) in [6.45, 7) is 5.61. The highest BCUT2D eigenvalue weighted by atomic mass is 32.1. The second-order valence-corrected chi connectivity index (χ2v) is 6.84. The molecule has 2 nitrogen and oxygen atoms in total. The number of hydrogen-bond acceptors (Lipinski definition) is 3. The van der Waals surface area contributed by atoms with Crippen molar-refractivity contribution >= 4 is 11.3 Å². The molecule has 0 radical (unpaired) electrons. The molecule has 0 aromatic carbocycles. The number of nitrogens with one attached hydrogen (secondary N) is 1. The molecule has 1 heterocycles. The number of likely N-dealkylation sites (N-methyl/N-ethyl adjacent to an activating group) is 1. The zero-order valence-corrected chi connectivity index (χ0v) is 12.9. The van der Waals surface area contributed by atoms with Crippen molar-refractivity contribution in [2.45, 2.75) is 51.1 Å². The van der Waals surface area contributed by atoms with Gasteiger partial charge in [-0.05, 0) is 57.8 Å². The largest absolute Gasteiger partial charge is 0.308 e. The van der Waals surface area contributed by atoms with Gasteiger partial charge in [0.25, 0.3) is 0 Å². The molecule has 0 spiro atoms. The van der Waals surface area contributed by atoms with Crippen LogP contribution in [0.2, 0.25) is 0 Å². The molecule has 1 saturated carbocycles. The number of thiophene rings is 1. The van der Waals surface area contributed by atoms with Gasteiger partial charge < -0.3 is 10.2 Å². The number of aryl methyl sites for hydroxylation is 1. The van der Waals surface area contributed by atoms with Gasteiger partial charge >= 0.3 is 0 Å². The number of rotatable bonds is 5. The fourth-order valence-corrected chi connectivity index (χ4v) is 4.04. The minimum atomic E-state index is 0.388. The van der Waals surface area contributed by atoms with Crippen LogP contribution < -0.4 is 5.32 Å². The minimum Gasteiger partial charge on any atom is -0.308 e. The van der Waals surface area contributed by atoms with Crippen LogP contribution in [0.25, 0.3) is 0 Å². The van der Waals surface area contributed by atoms with E-state index in [1.807, 2.05) is 11.3 Å². The quantitative estimate of drug-likeness (QED) is 0.876. The van der Waals surface area contributed by atoms with Crippen LogP contribution >= 0.6 is 11.3 Å². The molecule has 1 N–H and O–H groups in total. The van der Waals surface area contributed by atoms with Crippen LogP contribution in [-0.4, -0.2) is 31.1 Å². The molecule has 1 fully saturated rings. The summed E-state index contributed by atoms with van der Waals surface area (Å²) >= 11 is 1.87. The van der Waals surface area contributed by atoms with E-state index in [-0.39, 0.29) is 0 Å². The van der Waals surface area contributed by atoms with E-state index in [1.54, 1.807) is 0 Å². The summed E-state index contributed by atoms with van der Waals surface area (Å²) in [6.07, 6.45) is 5.44. The molecule has 1 atom stereocenters. The van der Waals surface area contributed by atoms with E-state index in [0.717, 1.165) is 6.54 Å². The highest BCUT2D eigenvalue weighted by molar-refractivity contribution is 7.10. The summed E-state index contributed by atoms with van der Waals surface area (Å²) < 4.78 is 0. The zero-order chi connectivity index (χ0) is 13.2. The Morgan fingerprint density at radius 2 is 2.06 bits per heavy atom. The molecule has 1 unspecified atom stereocenters. The van der Waals surface area contributed by atoms with Gasteiger partial charge in [0, 0.05) is 23.0 Å². The minimum absolute atomic E-state index is 0.388. The van der Waals surface area contributed by atoms with Crippen LogP contribution in [0.5, 0.6) is 0 Å². The highest BCUT2D eigenvalue weighted by Crippen LogP contribution is 2.34. The van der Waals surface area contributed by atoms with Crippen molar-refractivity contribution in [3.63, 3.8) is 0 Å². The Labute approximate surface area is 115 Å². The molecule has 0 aliphatic heterocycles. The van der Waals surface area contributed by atoms with Crippen molar-refractivity contribution in [1.29, 1.82) is 0 Å². The van der Waals surface area contributed by atoms with Gasteiger partial charge in [0.2, 0.25) is 0 Å². The maximum atomic E-state index is 3.76. The Hall–Kier alpha value is -0.380. The first-order valence-corrected chi connectivity index (χ1v) is 7.88. The van der Waals surface area contributed by atoms with Gasteiger partial charge in [-0.15, -0.1) is 11.3 Å². The summed E-state index contributed by atoms with van der Waals surface area (Å²) in [4.78, 5) is 3.92. The van der Waals surface area contributed by atoms with Crippen molar-refractivity contribution in [3.8, 4) is 0 Å². The van der Waals surface area contributed by atoms with Gasteiger partial charge in [-0.25, -0.2) is 0 Å². The van der Waals surface area contributed by atoms with Gasteiger partial charge in [0.05, 0.1) is 0 Å². The molecule has 0 amide bonds. The molecule has 1 aliphatic rings. The summed E-state index contributed by atoms with van der Waals surface area (Å²) in [5.41, 5.74) is 1.81. The monoisotopic (exact) mass is 266 g/mol. The van der Waals surface area contributed by atoms with Crippen LogP contribution in [0, 0.1) is 6.92 Å². The Bertz CT molecular complexity index is 378. The highest BCUT2D eigenvalue weighted by Gasteiger charge is 2.35. The van der Waals surface area contributed by atoms with E-state index in [2.05, 4.69) is 49.6 Å². The fraction of sp³-hybridized carbons (Fsp3) is 0.733. The van der Waals surface area contributed by atoms with Crippen molar-refractivity contribution in [2.75, 3.05) is 20.6 Å². The lowest BCUT2D eigenvalue weighted by Crippen LogP contribution is -2.50. The molecule has 3 heteroatoms. The third-order valence-electron chi connectivity index (χ3n) is 4.52. The molecule has 2 rings (SSSR count). The lowest BCUT2D eigenvalue weighted by Gasteiger charge is -2.37. The van der Waals surface area contributed by atoms with Crippen LogP contribution in [0.1, 0.15) is 49.1 Å². The smallest absolute Gasteiger partial charge is 0.0389 e. The lowest BCUT2D eigenvalue weighted by atomic mass is 9.95. The van der Waals surface area contributed by atoms with Crippen LogP contribution in [-0.2, 0) is 0 Å². The molecule has 18 heavy (non-hydrogen) atoms. The zero-order valence-electron chi connectivity index (χ0n) is 12.1. The topological polar surface area (TPSA) is 15.3 Å². The van der Waals surface area contributed by atoms with E-state index >= 15 is 0 Å². The lowest BCUT2D eigenvalue weighted by molar-refractivity contribution is 0.150. The van der Waals surface area contributed by atoms with Gasteiger partial charge in [0.15, 0.2) is 0 Å². The van der Waals surface area contributed by atoms with E-state index in [4.69, 9.17) is 0 Å². The van der Waals surface area contributed by atoms with Crippen molar-refractivity contribution in [2.24, 2.45) is 0 Å². The summed E-state index contributed by atoms with van der Waals surface area (Å²) in [5.74, 6) is 0. The van der Waals surface area contributed by atoms with Crippen molar-refractivity contribution in [1.82, 2.24) is 10.2 Å². The Balaban J connectivity index is 1.96. The Morgan fingerprint density at radius 3 is 2.56 bits per heavy atom. The first kappa shape index (κ1) is 14.0. The summed E-state index contributed by atoms with van der Waals surface area (Å²) in [7, 11) is 4.46. The maximum Gasteiger partial charge on any atom is 0.0389 e. The predicted molar refractivity (Wildman–Crippen MR) is 80.4 cm³/mol. The predicted octanol–water partition coefficient (Wildman–Crippen LogP) is 3.58. The van der Waals surface area contributed by atoms with Gasteiger partial charge in [-0.2, -0.15) is 0 Å². The van der Waals surface area contributed by atoms with E-state index < -0.39 is 0 Å². The van der Waals surface area contributed by atoms with E-state index in [9.17, 15) is 0 Å². The average molecular weight is 266 g/mol. The third kappa shape index (κ3) is 2.79. The Kier molecular flexibility index (Phi) is 4.46. The molecular weight excluding hydrogens is 240 g/mol. The average Bonchev–Trinajstić information content (AvgIpc) is 2.95. The molecule has 102 valence electrons. The standard InChI is InChI=1S/C15H26N2S/c1-12-7-10-18-14(12)13(2)16-11-15(17(3)4)8-5-6-9-15/h7,10,13,16H,5-6,8-9,11H2,1-4H3. The first-order valence-electron chi connectivity index (χ1n) is 7.00. The van der Waals surface area contributed by atoms with E-state index in [0.29, 0.717) is 11.6 Å². The van der Waals surface area contributed by atoms with Crippen LogP contribution in [0.15, 0.2) is 11.4 Å². The Morgan fingerprint density at radius 1 is 1.39 bits per heavy atom. The van der Waals surface area contributed by atoms with Gasteiger partial charge in [-0.1, -0.05) is 12.8 Å². The van der Waals surface area contributed by atoms with Crippen LogP contribution in [0.3, 0.4) is 0 Å². The summed E-state index contributed by atoms with van der Waals surface area (Å²) in [6, 6.07) is 2.69. The van der Waals surface area contributed by atoms with Crippen molar-refractivity contribution < 1.29 is 0 Å². The normalized spacial score (nSPS) is 20.5. The van der Waals surface area contributed by atoms with Gasteiger partial charge in [0.1, 0.15) is 0 Å². The van der Waals surface area contributed by atoms with Crippen molar-refractivity contribution in [3.05, 3.63) is 21.9 Å². The first-order chi connectivity index (χ1) is 8.55. The number of nitrogens with zero attached hydrogens (tertiary/aromatic N) is 1. The second kappa shape index (κ2) is 5.72. The SMILES string of the molecule is Cc1ccsc1C(C)NCC1(N(C)C)CCCC1. The molecule has 1 aromatic heterocycles. The molecular formula is C15H26N2S. The van der Waals surface area contributed by atoms with E-state index in [1.165, 1.54) is 36.1 Å². The molecule has 0 saturated heterocycles. The molecule has 1 aromatic rings. The molecule has 0 bridgehead atoms. The van der Waals surface area contributed by atoms with Crippen LogP contribution in [0.4, 0.5) is 0 Å². The molecule has 1 aliphatic carbocycles.